The molecule has 0 saturated heterocycles. The molecule has 0 aromatic heterocycles. The van der Waals surface area contributed by atoms with Crippen LogP contribution in [0, 0.1) is 0 Å². The second-order valence-electron chi connectivity index (χ2n) is 4.20. The third kappa shape index (κ3) is 6.77. The summed E-state index contributed by atoms with van der Waals surface area (Å²) in [5.74, 6) is 0.376. The van der Waals surface area contributed by atoms with Gasteiger partial charge in [0.05, 0.1) is 12.9 Å². The van der Waals surface area contributed by atoms with E-state index in [9.17, 15) is 9.59 Å². The Hall–Kier alpha value is -1.34. The molecule has 0 radical (unpaired) electrons. The number of benzene rings is 1. The molecule has 0 spiro atoms. The Balaban J connectivity index is 2.42. The van der Waals surface area contributed by atoms with Crippen molar-refractivity contribution in [3.05, 3.63) is 24.3 Å². The molecule has 1 aromatic rings. The molecule has 2 N–H and O–H groups in total. The third-order valence-corrected chi connectivity index (χ3v) is 4.33. The molecule has 0 heterocycles. The summed E-state index contributed by atoms with van der Waals surface area (Å²) in [5.41, 5.74) is 0. The average Bonchev–Trinajstić information content (AvgIpc) is 2.49. The van der Waals surface area contributed by atoms with Crippen LogP contribution < -0.4 is 10.1 Å². The number of nitrogens with one attached hydrogen (secondary N) is 1. The molecule has 1 aromatic carbocycles. The highest BCUT2D eigenvalue weighted by molar-refractivity contribution is 8.00. The van der Waals surface area contributed by atoms with E-state index in [1.54, 1.807) is 18.9 Å². The van der Waals surface area contributed by atoms with Crippen LogP contribution >= 0.6 is 23.5 Å². The molecule has 1 unspecified atom stereocenters. The van der Waals surface area contributed by atoms with Crippen LogP contribution in [-0.2, 0) is 9.59 Å². The van der Waals surface area contributed by atoms with Crippen molar-refractivity contribution in [2.45, 2.75) is 17.4 Å². The smallest absolute Gasteiger partial charge is 0.326 e. The van der Waals surface area contributed by atoms with Gasteiger partial charge < -0.3 is 15.2 Å². The molecule has 116 valence electrons. The van der Waals surface area contributed by atoms with Crippen molar-refractivity contribution >= 4 is 35.4 Å². The maximum Gasteiger partial charge on any atom is 0.326 e. The van der Waals surface area contributed by atoms with E-state index in [0.29, 0.717) is 12.2 Å². The van der Waals surface area contributed by atoms with Gasteiger partial charge in [0.1, 0.15) is 11.8 Å². The summed E-state index contributed by atoms with van der Waals surface area (Å²) in [6.07, 6.45) is 2.33. The lowest BCUT2D eigenvalue weighted by Gasteiger charge is -2.13. The fourth-order valence-corrected chi connectivity index (χ4v) is 2.73. The van der Waals surface area contributed by atoms with Crippen molar-refractivity contribution in [3.63, 3.8) is 0 Å². The summed E-state index contributed by atoms with van der Waals surface area (Å²) >= 11 is 2.92. The summed E-state index contributed by atoms with van der Waals surface area (Å²) in [4.78, 5) is 23.8. The minimum absolute atomic E-state index is 0.190. The first-order valence-corrected chi connectivity index (χ1v) is 8.72. The number of carboxylic acid groups (broad SMARTS) is 1. The summed E-state index contributed by atoms with van der Waals surface area (Å²) in [7, 11) is 1.59. The zero-order valence-corrected chi connectivity index (χ0v) is 13.6. The van der Waals surface area contributed by atoms with Gasteiger partial charge in [-0.3, -0.25) is 4.79 Å². The topological polar surface area (TPSA) is 75.6 Å². The van der Waals surface area contributed by atoms with Gasteiger partial charge in [-0.1, -0.05) is 0 Å². The Morgan fingerprint density at radius 2 is 2.00 bits per heavy atom. The van der Waals surface area contributed by atoms with Crippen molar-refractivity contribution in [2.24, 2.45) is 0 Å². The van der Waals surface area contributed by atoms with Crippen molar-refractivity contribution in [3.8, 4) is 5.75 Å². The number of thioether (sulfide) groups is 2. The lowest BCUT2D eigenvalue weighted by molar-refractivity contribution is -0.141. The summed E-state index contributed by atoms with van der Waals surface area (Å²) in [5, 5.41) is 11.6. The lowest BCUT2D eigenvalue weighted by atomic mass is 10.2. The van der Waals surface area contributed by atoms with Gasteiger partial charge >= 0.3 is 5.97 Å². The normalized spacial score (nSPS) is 11.7. The van der Waals surface area contributed by atoms with Crippen LogP contribution in [0.25, 0.3) is 0 Å². The number of carboxylic acids is 1. The Morgan fingerprint density at radius 3 is 2.52 bits per heavy atom. The van der Waals surface area contributed by atoms with Crippen LogP contribution in [0.3, 0.4) is 0 Å². The quantitative estimate of drug-likeness (QED) is 0.676. The van der Waals surface area contributed by atoms with Gasteiger partial charge in [0, 0.05) is 4.90 Å². The summed E-state index contributed by atoms with van der Waals surface area (Å²) in [6, 6.07) is 6.54. The highest BCUT2D eigenvalue weighted by Gasteiger charge is 2.19. The molecule has 7 heteroatoms. The predicted octanol–water partition coefficient (Wildman–Crippen LogP) is 2.11. The fourth-order valence-electron chi connectivity index (χ4n) is 1.55. The van der Waals surface area contributed by atoms with Gasteiger partial charge in [-0.05, 0) is 42.7 Å². The van der Waals surface area contributed by atoms with Crippen LogP contribution in [0.4, 0.5) is 0 Å². The van der Waals surface area contributed by atoms with Gasteiger partial charge in [0.2, 0.25) is 5.91 Å². The second-order valence-corrected chi connectivity index (χ2v) is 6.24. The lowest BCUT2D eigenvalue weighted by Crippen LogP contribution is -2.42. The number of carbonyl (C=O) groups excluding carboxylic acids is 1. The summed E-state index contributed by atoms with van der Waals surface area (Å²) < 4.78 is 5.06. The van der Waals surface area contributed by atoms with Crippen LogP contribution in [0.2, 0.25) is 0 Å². The average molecular weight is 329 g/mol. The van der Waals surface area contributed by atoms with E-state index in [-0.39, 0.29) is 11.7 Å². The van der Waals surface area contributed by atoms with Gasteiger partial charge in [-0.2, -0.15) is 11.8 Å². The predicted molar refractivity (Wildman–Crippen MR) is 86.3 cm³/mol. The Labute approximate surface area is 132 Å². The molecule has 1 rings (SSSR count). The van der Waals surface area contributed by atoms with E-state index in [1.165, 1.54) is 11.8 Å². The number of methoxy groups -OCH3 is 1. The molecule has 0 aliphatic rings. The monoisotopic (exact) mass is 329 g/mol. The van der Waals surface area contributed by atoms with E-state index >= 15 is 0 Å². The number of aliphatic carboxylic acids is 1. The Bertz CT molecular complexity index is 465. The fraction of sp³-hybridized carbons (Fsp3) is 0.429. The first-order valence-electron chi connectivity index (χ1n) is 6.34. The number of hydrogen-bond acceptors (Lipinski definition) is 5. The maximum atomic E-state index is 11.8. The van der Waals surface area contributed by atoms with Crippen LogP contribution in [0.15, 0.2) is 29.2 Å². The first kappa shape index (κ1) is 17.7. The second kappa shape index (κ2) is 9.57. The molecule has 0 aliphatic heterocycles. The minimum atomic E-state index is -0.994. The van der Waals surface area contributed by atoms with Gasteiger partial charge in [-0.15, -0.1) is 11.8 Å². The van der Waals surface area contributed by atoms with Gasteiger partial charge in [0.25, 0.3) is 0 Å². The van der Waals surface area contributed by atoms with Gasteiger partial charge in [0.15, 0.2) is 0 Å². The number of ether oxygens (including phenoxy) is 1. The molecule has 0 aliphatic carbocycles. The molecular formula is C14H19NO4S2. The zero-order valence-electron chi connectivity index (χ0n) is 12.0. The highest BCUT2D eigenvalue weighted by Crippen LogP contribution is 2.21. The molecule has 0 fully saturated rings. The largest absolute Gasteiger partial charge is 0.497 e. The van der Waals surface area contributed by atoms with Gasteiger partial charge in [-0.25, -0.2) is 4.79 Å². The van der Waals surface area contributed by atoms with Crippen LogP contribution in [0.5, 0.6) is 5.75 Å². The highest BCUT2D eigenvalue weighted by atomic mass is 32.2. The van der Waals surface area contributed by atoms with Crippen LogP contribution in [-0.4, -0.2) is 47.9 Å². The van der Waals surface area contributed by atoms with E-state index < -0.39 is 12.0 Å². The first-order chi connectivity index (χ1) is 10.1. The number of hydrogen-bond donors (Lipinski definition) is 2. The van der Waals surface area contributed by atoms with Crippen LogP contribution in [0.1, 0.15) is 6.42 Å². The molecule has 0 saturated carbocycles. The number of rotatable bonds is 9. The SMILES string of the molecule is COc1ccc(SCC(=O)NC(CCSC)C(=O)O)cc1. The molecule has 0 bridgehead atoms. The Morgan fingerprint density at radius 1 is 1.33 bits per heavy atom. The van der Waals surface area contributed by atoms with Crippen molar-refractivity contribution < 1.29 is 19.4 Å². The summed E-state index contributed by atoms with van der Waals surface area (Å²) in [6.45, 7) is 0. The number of amides is 1. The molecule has 1 amide bonds. The zero-order chi connectivity index (χ0) is 15.7. The molecular weight excluding hydrogens is 310 g/mol. The van der Waals surface area contributed by atoms with Crippen molar-refractivity contribution in [1.82, 2.24) is 5.32 Å². The van der Waals surface area contributed by atoms with Crippen molar-refractivity contribution in [1.29, 1.82) is 0 Å². The molecule has 5 nitrogen and oxygen atoms in total. The number of carbonyl (C=O) groups is 2. The minimum Gasteiger partial charge on any atom is -0.497 e. The third-order valence-electron chi connectivity index (χ3n) is 2.67. The standard InChI is InChI=1S/C14H19NO4S2/c1-19-10-3-5-11(6-4-10)21-9-13(16)15-12(14(17)18)7-8-20-2/h3-6,12H,7-9H2,1-2H3,(H,15,16)(H,17,18). The Kier molecular flexibility index (Phi) is 8.07. The maximum absolute atomic E-state index is 11.8. The van der Waals surface area contributed by atoms with Crippen molar-refractivity contribution in [2.75, 3.05) is 24.9 Å². The molecule has 1 atom stereocenters. The van der Waals surface area contributed by atoms with E-state index in [0.717, 1.165) is 10.6 Å². The van der Waals surface area contributed by atoms with E-state index in [2.05, 4.69) is 5.32 Å². The van der Waals surface area contributed by atoms with E-state index in [4.69, 9.17) is 9.84 Å². The molecule has 21 heavy (non-hydrogen) atoms. The van der Waals surface area contributed by atoms with E-state index in [1.807, 2.05) is 30.5 Å².